The summed E-state index contributed by atoms with van der Waals surface area (Å²) in [7, 11) is 0. The van der Waals surface area contributed by atoms with E-state index in [2.05, 4.69) is 44.1 Å². The minimum Gasteiger partial charge on any atom is -0.324 e. The fourth-order valence-electron chi connectivity index (χ4n) is 2.35. The molecule has 0 saturated carbocycles. The molecule has 1 aromatic carbocycles. The van der Waals surface area contributed by atoms with Crippen LogP contribution in [-0.2, 0) is 17.8 Å². The molecule has 0 saturated heterocycles. The predicted molar refractivity (Wildman–Crippen MR) is 116 cm³/mol. The van der Waals surface area contributed by atoms with E-state index in [1.807, 2.05) is 22.1 Å². The molecular weight excluding hydrogens is 468 g/mol. The molecule has 5 nitrogen and oxygen atoms in total. The summed E-state index contributed by atoms with van der Waals surface area (Å²) in [5.41, 5.74) is 0.580. The Hall–Kier alpha value is -1.61. The zero-order valence-electron chi connectivity index (χ0n) is 14.2. The van der Waals surface area contributed by atoms with E-state index in [1.54, 1.807) is 29.5 Å². The van der Waals surface area contributed by atoms with E-state index < -0.39 is 0 Å². The molecule has 0 unspecified atom stereocenters. The number of amides is 1. The van der Waals surface area contributed by atoms with Crippen molar-refractivity contribution in [2.45, 2.75) is 18.1 Å². The topological polar surface area (TPSA) is 59.8 Å². The zero-order chi connectivity index (χ0) is 19.2. The van der Waals surface area contributed by atoms with Gasteiger partial charge in [-0.1, -0.05) is 51.4 Å². The van der Waals surface area contributed by atoms with Crippen molar-refractivity contribution >= 4 is 62.2 Å². The van der Waals surface area contributed by atoms with Crippen LogP contribution in [0.5, 0.6) is 0 Å². The molecule has 0 aliphatic heterocycles. The third-order valence-corrected chi connectivity index (χ3v) is 6.20. The Morgan fingerprint density at radius 2 is 2.26 bits per heavy atom. The van der Waals surface area contributed by atoms with Gasteiger partial charge in [0.2, 0.25) is 5.91 Å². The van der Waals surface area contributed by atoms with Gasteiger partial charge in [0, 0.05) is 22.3 Å². The SMILES string of the molecule is C=CCn1c(Cc2cccs2)nnc1SCC(=O)Nc1ccc(Br)cc1Cl. The van der Waals surface area contributed by atoms with E-state index in [9.17, 15) is 4.79 Å². The number of anilines is 1. The van der Waals surface area contributed by atoms with Gasteiger partial charge in [-0.3, -0.25) is 4.79 Å². The lowest BCUT2D eigenvalue weighted by Crippen LogP contribution is -2.15. The molecule has 0 aliphatic carbocycles. The van der Waals surface area contributed by atoms with Crippen molar-refractivity contribution in [1.82, 2.24) is 14.8 Å². The van der Waals surface area contributed by atoms with Crippen LogP contribution >= 0.6 is 50.6 Å². The number of carbonyl (C=O) groups is 1. The highest BCUT2D eigenvalue weighted by atomic mass is 79.9. The number of carbonyl (C=O) groups excluding carboxylic acids is 1. The van der Waals surface area contributed by atoms with Crippen molar-refractivity contribution in [3.63, 3.8) is 0 Å². The molecule has 0 spiro atoms. The van der Waals surface area contributed by atoms with Gasteiger partial charge in [0.25, 0.3) is 0 Å². The van der Waals surface area contributed by atoms with Crippen LogP contribution in [0, 0.1) is 0 Å². The number of nitrogens with one attached hydrogen (secondary N) is 1. The lowest BCUT2D eigenvalue weighted by Gasteiger charge is -2.09. The van der Waals surface area contributed by atoms with Gasteiger partial charge in [-0.2, -0.15) is 0 Å². The van der Waals surface area contributed by atoms with Crippen molar-refractivity contribution in [2.75, 3.05) is 11.1 Å². The van der Waals surface area contributed by atoms with Crippen molar-refractivity contribution in [3.05, 3.63) is 68.6 Å². The predicted octanol–water partition coefficient (Wildman–Crippen LogP) is 5.26. The highest BCUT2D eigenvalue weighted by Crippen LogP contribution is 2.26. The van der Waals surface area contributed by atoms with Gasteiger partial charge in [-0.15, -0.1) is 28.1 Å². The molecule has 1 N–H and O–H groups in total. The summed E-state index contributed by atoms with van der Waals surface area (Å²) in [6.45, 7) is 4.40. The fourth-order valence-corrected chi connectivity index (χ4v) is 4.53. The molecule has 27 heavy (non-hydrogen) atoms. The molecule has 0 radical (unpaired) electrons. The first-order valence-electron chi connectivity index (χ1n) is 8.00. The van der Waals surface area contributed by atoms with Gasteiger partial charge in [0.15, 0.2) is 5.16 Å². The second-order valence-electron chi connectivity index (χ2n) is 5.52. The van der Waals surface area contributed by atoms with Crippen molar-refractivity contribution in [2.24, 2.45) is 0 Å². The number of benzene rings is 1. The molecule has 0 bridgehead atoms. The number of nitrogens with zero attached hydrogens (tertiary/aromatic N) is 3. The second-order valence-corrected chi connectivity index (χ2v) is 8.81. The zero-order valence-corrected chi connectivity index (χ0v) is 18.2. The van der Waals surface area contributed by atoms with E-state index in [0.29, 0.717) is 28.8 Å². The smallest absolute Gasteiger partial charge is 0.234 e. The molecule has 3 aromatic rings. The van der Waals surface area contributed by atoms with Crippen LogP contribution in [0.1, 0.15) is 10.7 Å². The first-order chi connectivity index (χ1) is 13.1. The van der Waals surface area contributed by atoms with E-state index in [0.717, 1.165) is 10.3 Å². The number of allylic oxidation sites excluding steroid dienone is 1. The molecule has 0 aliphatic rings. The lowest BCUT2D eigenvalue weighted by molar-refractivity contribution is -0.113. The Labute approximate surface area is 179 Å². The second kappa shape index (κ2) is 9.54. The number of hydrogen-bond donors (Lipinski definition) is 1. The van der Waals surface area contributed by atoms with E-state index in [4.69, 9.17) is 11.6 Å². The van der Waals surface area contributed by atoms with Crippen LogP contribution in [0.3, 0.4) is 0 Å². The third kappa shape index (κ3) is 5.44. The maximum atomic E-state index is 12.3. The Kier molecular flexibility index (Phi) is 7.12. The summed E-state index contributed by atoms with van der Waals surface area (Å²) in [5, 5.41) is 14.6. The molecule has 140 valence electrons. The normalized spacial score (nSPS) is 10.7. The molecule has 0 atom stereocenters. The van der Waals surface area contributed by atoms with Crippen LogP contribution in [0.4, 0.5) is 5.69 Å². The molecular formula is C18H16BrClN4OS2. The van der Waals surface area contributed by atoms with E-state index >= 15 is 0 Å². The molecule has 3 rings (SSSR count). The Bertz CT molecular complexity index is 943. The lowest BCUT2D eigenvalue weighted by atomic mass is 10.3. The maximum Gasteiger partial charge on any atom is 0.234 e. The molecule has 9 heteroatoms. The average molecular weight is 484 g/mol. The summed E-state index contributed by atoms with van der Waals surface area (Å²) < 4.78 is 2.84. The number of halogens is 2. The van der Waals surface area contributed by atoms with Gasteiger partial charge < -0.3 is 9.88 Å². The van der Waals surface area contributed by atoms with Crippen molar-refractivity contribution in [3.8, 4) is 0 Å². The highest BCUT2D eigenvalue weighted by molar-refractivity contribution is 9.10. The Morgan fingerprint density at radius 3 is 2.96 bits per heavy atom. The minimum atomic E-state index is -0.155. The minimum absolute atomic E-state index is 0.155. The summed E-state index contributed by atoms with van der Waals surface area (Å²) >= 11 is 12.5. The van der Waals surface area contributed by atoms with E-state index in [1.165, 1.54) is 16.6 Å². The first-order valence-corrected chi connectivity index (χ1v) is 11.0. The quantitative estimate of drug-likeness (QED) is 0.350. The number of hydrogen-bond acceptors (Lipinski definition) is 5. The van der Waals surface area contributed by atoms with Gasteiger partial charge in [0.05, 0.1) is 16.5 Å². The number of thioether (sulfide) groups is 1. The summed E-state index contributed by atoms with van der Waals surface area (Å²) in [6, 6.07) is 9.41. The summed E-state index contributed by atoms with van der Waals surface area (Å²) in [6.07, 6.45) is 2.51. The van der Waals surface area contributed by atoms with E-state index in [-0.39, 0.29) is 11.7 Å². The van der Waals surface area contributed by atoms with Crippen LogP contribution in [0.15, 0.2) is 58.0 Å². The van der Waals surface area contributed by atoms with Crippen LogP contribution in [0.25, 0.3) is 0 Å². The third-order valence-electron chi connectivity index (χ3n) is 3.56. The summed E-state index contributed by atoms with van der Waals surface area (Å²) in [5.74, 6) is 0.911. The number of thiophene rings is 1. The van der Waals surface area contributed by atoms with Crippen molar-refractivity contribution < 1.29 is 4.79 Å². The van der Waals surface area contributed by atoms with Crippen LogP contribution in [-0.4, -0.2) is 26.4 Å². The van der Waals surface area contributed by atoms with Crippen LogP contribution < -0.4 is 5.32 Å². The van der Waals surface area contributed by atoms with Gasteiger partial charge in [-0.05, 0) is 29.6 Å². The monoisotopic (exact) mass is 482 g/mol. The average Bonchev–Trinajstić information content (AvgIpc) is 3.27. The molecule has 0 fully saturated rings. The summed E-state index contributed by atoms with van der Waals surface area (Å²) in [4.78, 5) is 13.5. The van der Waals surface area contributed by atoms with Gasteiger partial charge >= 0.3 is 0 Å². The molecule has 2 heterocycles. The number of aromatic nitrogens is 3. The highest BCUT2D eigenvalue weighted by Gasteiger charge is 2.15. The first kappa shape index (κ1) is 20.1. The fraction of sp³-hybridized carbons (Fsp3) is 0.167. The molecule has 1 amide bonds. The number of rotatable bonds is 8. The van der Waals surface area contributed by atoms with Crippen molar-refractivity contribution in [1.29, 1.82) is 0 Å². The largest absolute Gasteiger partial charge is 0.324 e. The maximum absolute atomic E-state index is 12.3. The van der Waals surface area contributed by atoms with Gasteiger partial charge in [-0.25, -0.2) is 0 Å². The molecule has 2 aromatic heterocycles. The Morgan fingerprint density at radius 1 is 1.41 bits per heavy atom. The van der Waals surface area contributed by atoms with Crippen LogP contribution in [0.2, 0.25) is 5.02 Å². The standard InChI is InChI=1S/C18H16BrClN4OS2/c1-2-7-24-16(10-13-4-3-8-26-13)22-23-18(24)27-11-17(25)21-15-6-5-12(19)9-14(15)20/h2-6,8-9H,1,7,10-11H2,(H,21,25). The van der Waals surface area contributed by atoms with Gasteiger partial charge in [0.1, 0.15) is 5.82 Å². The Balaban J connectivity index is 1.65.